The van der Waals surface area contributed by atoms with Crippen molar-refractivity contribution in [1.29, 1.82) is 0 Å². The molecular weight excluding hydrogens is 668 g/mol. The Morgan fingerprint density at radius 3 is 0.673 bits per heavy atom. The fourth-order valence-corrected chi connectivity index (χ4v) is 4.72. The first kappa shape index (κ1) is 50.9. The predicted molar refractivity (Wildman–Crippen MR) is 207 cm³/mol. The van der Waals surface area contributed by atoms with Crippen molar-refractivity contribution in [3.8, 4) is 0 Å². The fraction of sp³-hybridized carbons (Fsp3) is 0.927. The van der Waals surface area contributed by atoms with Crippen LogP contribution in [-0.4, -0.2) is 132 Å². The van der Waals surface area contributed by atoms with Crippen LogP contribution < -0.4 is 0 Å². The van der Waals surface area contributed by atoms with Crippen LogP contribution in [0.3, 0.4) is 0 Å². The van der Waals surface area contributed by atoms with Crippen molar-refractivity contribution in [3.05, 3.63) is 12.2 Å². The molecule has 0 aliphatic rings. The highest BCUT2D eigenvalue weighted by molar-refractivity contribution is 5.86. The van der Waals surface area contributed by atoms with E-state index in [4.69, 9.17) is 47.4 Å². The SMILES string of the molecule is C=C(C)C(=O)OCCCCOCCCCOCCCCOCCCCOCCCCOCCCCOCCCCOCCCCOCCCCOC. The van der Waals surface area contributed by atoms with Gasteiger partial charge in [-0.05, 0) is 122 Å². The Balaban J connectivity index is 3.07. The summed E-state index contributed by atoms with van der Waals surface area (Å²) in [5.74, 6) is -0.322. The van der Waals surface area contributed by atoms with E-state index in [2.05, 4.69) is 6.58 Å². The molecular formula is C41H80O11. The molecule has 0 saturated carbocycles. The van der Waals surface area contributed by atoms with Crippen LogP contribution in [0.4, 0.5) is 0 Å². The minimum Gasteiger partial charge on any atom is -0.462 e. The van der Waals surface area contributed by atoms with E-state index in [-0.39, 0.29) is 5.97 Å². The van der Waals surface area contributed by atoms with E-state index in [1.165, 1.54) is 0 Å². The monoisotopic (exact) mass is 749 g/mol. The molecule has 0 radical (unpaired) electrons. The number of carbonyl (C=O) groups is 1. The van der Waals surface area contributed by atoms with Gasteiger partial charge in [0, 0.05) is 125 Å². The first-order valence-electron chi connectivity index (χ1n) is 20.6. The number of unbranched alkanes of at least 4 members (excludes halogenated alkanes) is 9. The van der Waals surface area contributed by atoms with Gasteiger partial charge in [0.05, 0.1) is 6.61 Å². The zero-order valence-corrected chi connectivity index (χ0v) is 33.7. The van der Waals surface area contributed by atoms with Crippen LogP contribution in [0.25, 0.3) is 0 Å². The first-order chi connectivity index (χ1) is 25.7. The molecule has 0 unspecified atom stereocenters. The molecule has 310 valence electrons. The van der Waals surface area contributed by atoms with Crippen molar-refractivity contribution in [2.24, 2.45) is 0 Å². The molecule has 0 amide bonds. The van der Waals surface area contributed by atoms with E-state index in [0.717, 1.165) is 221 Å². The maximum atomic E-state index is 11.3. The van der Waals surface area contributed by atoms with E-state index in [9.17, 15) is 4.79 Å². The minimum atomic E-state index is -0.322. The maximum absolute atomic E-state index is 11.3. The maximum Gasteiger partial charge on any atom is 0.333 e. The van der Waals surface area contributed by atoms with E-state index < -0.39 is 0 Å². The van der Waals surface area contributed by atoms with Crippen molar-refractivity contribution in [1.82, 2.24) is 0 Å². The minimum absolute atomic E-state index is 0.322. The summed E-state index contributed by atoms with van der Waals surface area (Å²) >= 11 is 0. The third-order valence-corrected chi connectivity index (χ3v) is 7.94. The Kier molecular flexibility index (Phi) is 45.0. The Morgan fingerprint density at radius 2 is 0.500 bits per heavy atom. The van der Waals surface area contributed by atoms with Gasteiger partial charge in [-0.15, -0.1) is 0 Å². The van der Waals surface area contributed by atoms with E-state index in [1.54, 1.807) is 14.0 Å². The zero-order valence-electron chi connectivity index (χ0n) is 33.7. The molecule has 0 bridgehead atoms. The zero-order chi connectivity index (χ0) is 37.7. The normalized spacial score (nSPS) is 11.4. The summed E-state index contributed by atoms with van der Waals surface area (Å²) in [7, 11) is 1.74. The van der Waals surface area contributed by atoms with Crippen LogP contribution in [-0.2, 0) is 52.2 Å². The molecule has 0 aromatic carbocycles. The summed E-state index contributed by atoms with van der Waals surface area (Å²) in [6, 6.07) is 0. The van der Waals surface area contributed by atoms with Gasteiger partial charge in [0.15, 0.2) is 0 Å². The second kappa shape index (κ2) is 46.0. The first-order valence-corrected chi connectivity index (χ1v) is 20.6. The number of methoxy groups -OCH3 is 1. The molecule has 11 nitrogen and oxygen atoms in total. The quantitative estimate of drug-likeness (QED) is 0.0344. The van der Waals surface area contributed by atoms with Gasteiger partial charge in [0.1, 0.15) is 0 Å². The van der Waals surface area contributed by atoms with Crippen molar-refractivity contribution in [2.75, 3.05) is 126 Å². The van der Waals surface area contributed by atoms with Crippen molar-refractivity contribution >= 4 is 5.97 Å². The number of carbonyl (C=O) groups excluding carboxylic acids is 1. The van der Waals surface area contributed by atoms with Gasteiger partial charge in [0.2, 0.25) is 0 Å². The summed E-state index contributed by atoms with van der Waals surface area (Å²) in [4.78, 5) is 11.3. The van der Waals surface area contributed by atoms with Gasteiger partial charge in [-0.3, -0.25) is 0 Å². The summed E-state index contributed by atoms with van der Waals surface area (Å²) in [5.41, 5.74) is 0.437. The van der Waals surface area contributed by atoms with Crippen LogP contribution in [0.5, 0.6) is 0 Å². The molecule has 11 heteroatoms. The average molecular weight is 749 g/mol. The number of hydrogen-bond donors (Lipinski definition) is 0. The van der Waals surface area contributed by atoms with Gasteiger partial charge >= 0.3 is 5.97 Å². The standard InChI is InChI=1S/C41H80O11/c1-40(2)41(42)52-39-21-20-38-51-37-19-18-36-50-35-17-16-34-49-33-15-14-32-48-31-13-12-30-47-29-11-10-28-46-27-9-8-26-45-25-7-6-24-44-23-5-4-22-43-3/h1,4-39H2,2-3H3. The van der Waals surface area contributed by atoms with E-state index in [0.29, 0.717) is 18.8 Å². The van der Waals surface area contributed by atoms with Crippen LogP contribution in [0.15, 0.2) is 12.2 Å². The fourth-order valence-electron chi connectivity index (χ4n) is 4.72. The summed E-state index contributed by atoms with van der Waals surface area (Å²) in [6.45, 7) is 19.2. The van der Waals surface area contributed by atoms with Gasteiger partial charge in [-0.1, -0.05) is 6.58 Å². The molecule has 0 spiro atoms. The molecule has 0 aliphatic carbocycles. The van der Waals surface area contributed by atoms with E-state index in [1.807, 2.05) is 0 Å². The summed E-state index contributed by atoms with van der Waals surface area (Å²) in [5, 5.41) is 0. The molecule has 0 rings (SSSR count). The smallest absolute Gasteiger partial charge is 0.333 e. The average Bonchev–Trinajstić information content (AvgIpc) is 3.14. The van der Waals surface area contributed by atoms with Gasteiger partial charge in [0.25, 0.3) is 0 Å². The number of hydrogen-bond acceptors (Lipinski definition) is 11. The Bertz CT molecular complexity index is 710. The van der Waals surface area contributed by atoms with Crippen molar-refractivity contribution < 1.29 is 52.2 Å². The largest absolute Gasteiger partial charge is 0.462 e. The van der Waals surface area contributed by atoms with Crippen LogP contribution >= 0.6 is 0 Å². The third-order valence-electron chi connectivity index (χ3n) is 7.94. The van der Waals surface area contributed by atoms with E-state index >= 15 is 0 Å². The number of ether oxygens (including phenoxy) is 10. The second-order valence-corrected chi connectivity index (χ2v) is 13.2. The van der Waals surface area contributed by atoms with Gasteiger partial charge < -0.3 is 47.4 Å². The molecule has 0 N–H and O–H groups in total. The van der Waals surface area contributed by atoms with Crippen LogP contribution in [0.2, 0.25) is 0 Å². The Morgan fingerprint density at radius 1 is 0.327 bits per heavy atom. The molecule has 0 fully saturated rings. The third kappa shape index (κ3) is 45.0. The number of rotatable bonds is 46. The highest BCUT2D eigenvalue weighted by atomic mass is 16.5. The molecule has 0 heterocycles. The molecule has 0 aliphatic heterocycles. The molecule has 52 heavy (non-hydrogen) atoms. The lowest BCUT2D eigenvalue weighted by molar-refractivity contribution is -0.139. The van der Waals surface area contributed by atoms with Crippen LogP contribution in [0, 0.1) is 0 Å². The second-order valence-electron chi connectivity index (χ2n) is 13.2. The van der Waals surface area contributed by atoms with Gasteiger partial charge in [-0.25, -0.2) is 4.79 Å². The molecule has 0 atom stereocenters. The molecule has 0 aromatic rings. The molecule has 0 aromatic heterocycles. The highest BCUT2D eigenvalue weighted by Gasteiger charge is 2.02. The predicted octanol–water partition coefficient (Wildman–Crippen LogP) is 7.91. The lowest BCUT2D eigenvalue weighted by Gasteiger charge is -2.08. The van der Waals surface area contributed by atoms with Crippen LogP contribution in [0.1, 0.15) is 122 Å². The summed E-state index contributed by atoms with van der Waals surface area (Å²) in [6.07, 6.45) is 18.4. The Labute approximate surface area is 318 Å². The number of esters is 1. The molecule has 0 saturated heterocycles. The summed E-state index contributed by atoms with van der Waals surface area (Å²) < 4.78 is 55.7. The highest BCUT2D eigenvalue weighted by Crippen LogP contribution is 2.02. The van der Waals surface area contributed by atoms with Crippen molar-refractivity contribution in [3.63, 3.8) is 0 Å². The Hall–Kier alpha value is -1.15. The van der Waals surface area contributed by atoms with Gasteiger partial charge in [-0.2, -0.15) is 0 Å². The van der Waals surface area contributed by atoms with Crippen molar-refractivity contribution in [2.45, 2.75) is 122 Å². The lowest BCUT2D eigenvalue weighted by atomic mass is 10.3. The lowest BCUT2D eigenvalue weighted by Crippen LogP contribution is -2.07. The topological polar surface area (TPSA) is 109 Å².